The quantitative estimate of drug-likeness (QED) is 0.568. The summed E-state index contributed by atoms with van der Waals surface area (Å²) >= 11 is 2.07. The van der Waals surface area contributed by atoms with E-state index in [0.717, 1.165) is 11.8 Å². The Hall–Kier alpha value is -0.300. The molecule has 1 heteroatoms. The van der Waals surface area contributed by atoms with Crippen LogP contribution in [0.1, 0.15) is 52.0 Å². The van der Waals surface area contributed by atoms with Gasteiger partial charge in [0, 0.05) is 9.75 Å². The second kappa shape index (κ2) is 2.14. The Bertz CT molecular complexity index is 335. The number of fused-ring (bicyclic) bond motifs is 5. The van der Waals surface area contributed by atoms with Gasteiger partial charge in [-0.1, -0.05) is 0 Å². The molecule has 0 N–H and O–H groups in total. The lowest BCUT2D eigenvalue weighted by molar-refractivity contribution is 0.724. The Morgan fingerprint density at radius 1 is 1.17 bits per heavy atom. The fourth-order valence-electron chi connectivity index (χ4n) is 2.96. The van der Waals surface area contributed by atoms with Crippen LogP contribution in [0.25, 0.3) is 0 Å². The summed E-state index contributed by atoms with van der Waals surface area (Å²) in [5.74, 6) is 1.91. The molecular weight excluding hydrogens is 164 g/mol. The minimum atomic E-state index is 0.954. The van der Waals surface area contributed by atoms with Gasteiger partial charge in [0.2, 0.25) is 0 Å². The first-order chi connectivity index (χ1) is 5.77. The van der Waals surface area contributed by atoms with Gasteiger partial charge in [0.05, 0.1) is 0 Å². The summed E-state index contributed by atoms with van der Waals surface area (Å²) in [6.45, 7) is 4.59. The molecule has 0 saturated heterocycles. The van der Waals surface area contributed by atoms with Gasteiger partial charge in [0.1, 0.15) is 0 Å². The van der Waals surface area contributed by atoms with Gasteiger partial charge in [-0.3, -0.25) is 0 Å². The van der Waals surface area contributed by atoms with Gasteiger partial charge in [-0.15, -0.1) is 11.3 Å². The van der Waals surface area contributed by atoms with Crippen LogP contribution in [-0.2, 0) is 0 Å². The summed E-state index contributed by atoms with van der Waals surface area (Å²) in [5.41, 5.74) is 3.37. The average Bonchev–Trinajstić information content (AvgIpc) is 2.66. The van der Waals surface area contributed by atoms with Gasteiger partial charge >= 0.3 is 0 Å². The van der Waals surface area contributed by atoms with Gasteiger partial charge in [-0.2, -0.15) is 0 Å². The lowest BCUT2D eigenvalue weighted by Gasteiger charge is -2.10. The van der Waals surface area contributed by atoms with Crippen molar-refractivity contribution in [3.05, 3.63) is 20.9 Å². The highest BCUT2D eigenvalue weighted by Gasteiger charge is 2.39. The van der Waals surface area contributed by atoms with Crippen molar-refractivity contribution >= 4 is 11.3 Å². The second-order valence-corrected chi connectivity index (χ2v) is 5.52. The molecule has 3 rings (SSSR count). The van der Waals surface area contributed by atoms with E-state index in [9.17, 15) is 0 Å². The molecule has 12 heavy (non-hydrogen) atoms. The molecule has 1 fully saturated rings. The third-order valence-corrected chi connectivity index (χ3v) is 5.06. The summed E-state index contributed by atoms with van der Waals surface area (Å²) in [6, 6.07) is 0. The van der Waals surface area contributed by atoms with E-state index >= 15 is 0 Å². The number of thiophene rings is 1. The molecule has 2 aliphatic carbocycles. The Balaban J connectivity index is 2.25. The molecule has 2 unspecified atom stereocenters. The van der Waals surface area contributed by atoms with E-state index in [1.54, 1.807) is 20.9 Å². The van der Waals surface area contributed by atoms with Gasteiger partial charge in [0.15, 0.2) is 0 Å². The second-order valence-electron chi connectivity index (χ2n) is 4.27. The summed E-state index contributed by atoms with van der Waals surface area (Å²) in [7, 11) is 0. The molecule has 0 radical (unpaired) electrons. The summed E-state index contributed by atoms with van der Waals surface area (Å²) in [4.78, 5) is 3.32. The number of rotatable bonds is 0. The van der Waals surface area contributed by atoms with Crippen LogP contribution in [-0.4, -0.2) is 0 Å². The van der Waals surface area contributed by atoms with E-state index in [0.29, 0.717) is 0 Å². The zero-order valence-electron chi connectivity index (χ0n) is 7.68. The van der Waals surface area contributed by atoms with Gasteiger partial charge in [-0.05, 0) is 56.1 Å². The van der Waals surface area contributed by atoms with E-state index in [4.69, 9.17) is 0 Å². The van der Waals surface area contributed by atoms with Crippen molar-refractivity contribution < 1.29 is 0 Å². The zero-order valence-corrected chi connectivity index (χ0v) is 8.50. The van der Waals surface area contributed by atoms with Crippen LogP contribution in [0.2, 0.25) is 0 Å². The first-order valence-electron chi connectivity index (χ1n) is 4.87. The van der Waals surface area contributed by atoms with Crippen LogP contribution in [0.15, 0.2) is 0 Å². The van der Waals surface area contributed by atoms with E-state index in [1.807, 2.05) is 0 Å². The van der Waals surface area contributed by atoms with Gasteiger partial charge in [0.25, 0.3) is 0 Å². The highest BCUT2D eigenvalue weighted by atomic mass is 32.1. The van der Waals surface area contributed by atoms with Crippen molar-refractivity contribution in [2.24, 2.45) is 0 Å². The molecule has 0 amide bonds. The van der Waals surface area contributed by atoms with Gasteiger partial charge in [-0.25, -0.2) is 0 Å². The minimum absolute atomic E-state index is 0.954. The third-order valence-electron chi connectivity index (χ3n) is 3.67. The van der Waals surface area contributed by atoms with Crippen molar-refractivity contribution in [1.82, 2.24) is 0 Å². The smallest absolute Gasteiger partial charge is 0.0117 e. The summed E-state index contributed by atoms with van der Waals surface area (Å²) in [6.07, 6.45) is 4.41. The molecule has 1 aromatic rings. The molecule has 1 saturated carbocycles. The topological polar surface area (TPSA) is 0 Å². The zero-order chi connectivity index (χ0) is 8.29. The standard InChI is InChI=1S/C11H14S/c1-6-7(2)12-11-9-4-3-8(5-9)10(6)11/h8-9H,3-5H2,1-2H3. The van der Waals surface area contributed by atoms with Gasteiger partial charge < -0.3 is 0 Å². The normalized spacial score (nSPS) is 31.2. The van der Waals surface area contributed by atoms with Crippen LogP contribution >= 0.6 is 11.3 Å². The number of hydrogen-bond donors (Lipinski definition) is 0. The Morgan fingerprint density at radius 2 is 1.92 bits per heavy atom. The largest absolute Gasteiger partial charge is 0.145 e. The van der Waals surface area contributed by atoms with Crippen LogP contribution in [0, 0.1) is 13.8 Å². The molecule has 0 nitrogen and oxygen atoms in total. The summed E-state index contributed by atoms with van der Waals surface area (Å²) in [5, 5.41) is 0. The molecule has 0 spiro atoms. The highest BCUT2D eigenvalue weighted by Crippen LogP contribution is 2.57. The first-order valence-corrected chi connectivity index (χ1v) is 5.69. The lowest BCUT2D eigenvalue weighted by Crippen LogP contribution is -1.94. The Kier molecular flexibility index (Phi) is 1.27. The molecule has 64 valence electrons. The molecule has 2 atom stereocenters. The maximum atomic E-state index is 2.31. The number of hydrogen-bond acceptors (Lipinski definition) is 1. The monoisotopic (exact) mass is 178 g/mol. The van der Waals surface area contributed by atoms with Crippen molar-refractivity contribution in [2.45, 2.75) is 44.9 Å². The van der Waals surface area contributed by atoms with E-state index in [1.165, 1.54) is 19.3 Å². The van der Waals surface area contributed by atoms with Crippen LogP contribution in [0.5, 0.6) is 0 Å². The predicted octanol–water partition coefficient (Wildman–Crippen LogP) is 3.73. The summed E-state index contributed by atoms with van der Waals surface area (Å²) < 4.78 is 0. The number of aryl methyl sites for hydroxylation is 1. The van der Waals surface area contributed by atoms with Crippen molar-refractivity contribution in [3.8, 4) is 0 Å². The van der Waals surface area contributed by atoms with E-state index < -0.39 is 0 Å². The first kappa shape index (κ1) is 7.14. The predicted molar refractivity (Wildman–Crippen MR) is 53.1 cm³/mol. The van der Waals surface area contributed by atoms with Crippen molar-refractivity contribution in [2.75, 3.05) is 0 Å². The fourth-order valence-corrected chi connectivity index (χ4v) is 4.37. The molecule has 0 aliphatic heterocycles. The van der Waals surface area contributed by atoms with E-state index in [2.05, 4.69) is 25.2 Å². The van der Waals surface area contributed by atoms with Crippen molar-refractivity contribution in [1.29, 1.82) is 0 Å². The average molecular weight is 178 g/mol. The SMILES string of the molecule is Cc1sc2c(c1C)C1CCC2C1. The lowest BCUT2D eigenvalue weighted by atomic mass is 9.95. The maximum absolute atomic E-state index is 2.31. The van der Waals surface area contributed by atoms with Crippen LogP contribution in [0.3, 0.4) is 0 Å². The van der Waals surface area contributed by atoms with E-state index in [-0.39, 0.29) is 0 Å². The molecule has 0 aromatic carbocycles. The Morgan fingerprint density at radius 3 is 2.67 bits per heavy atom. The third kappa shape index (κ3) is 0.687. The van der Waals surface area contributed by atoms with Crippen LogP contribution in [0.4, 0.5) is 0 Å². The maximum Gasteiger partial charge on any atom is 0.0117 e. The molecular formula is C11H14S. The highest BCUT2D eigenvalue weighted by molar-refractivity contribution is 7.12. The Labute approximate surface area is 77.6 Å². The minimum Gasteiger partial charge on any atom is -0.145 e. The van der Waals surface area contributed by atoms with Crippen molar-refractivity contribution in [3.63, 3.8) is 0 Å². The fraction of sp³-hybridized carbons (Fsp3) is 0.636. The van der Waals surface area contributed by atoms with Crippen LogP contribution < -0.4 is 0 Å². The molecule has 2 aliphatic rings. The molecule has 2 bridgehead atoms. The molecule has 1 heterocycles. The molecule has 1 aromatic heterocycles.